The molecule has 37 heavy (non-hydrogen) atoms. The summed E-state index contributed by atoms with van der Waals surface area (Å²) in [5, 5.41) is 11.8. The van der Waals surface area contributed by atoms with Gasteiger partial charge in [-0.2, -0.15) is 0 Å². The highest BCUT2D eigenvalue weighted by atomic mass is 35.5. The molecular weight excluding hydrogens is 502 g/mol. The monoisotopic (exact) mass is 519 g/mol. The third kappa shape index (κ3) is 4.21. The number of benzene rings is 3. The third-order valence-electron chi connectivity index (χ3n) is 6.30. The normalized spacial score (nSPS) is 16.8. The molecule has 0 N–H and O–H groups in total. The van der Waals surface area contributed by atoms with Gasteiger partial charge in [0.05, 0.1) is 22.1 Å². The summed E-state index contributed by atoms with van der Waals surface area (Å²) in [6.45, 7) is 1.76. The number of halogens is 1. The van der Waals surface area contributed by atoms with E-state index in [0.717, 1.165) is 4.90 Å². The zero-order valence-corrected chi connectivity index (χ0v) is 20.1. The van der Waals surface area contributed by atoms with Crippen molar-refractivity contribution in [2.45, 2.75) is 13.3 Å². The van der Waals surface area contributed by atoms with Crippen LogP contribution in [0.2, 0.25) is 5.02 Å². The lowest BCUT2D eigenvalue weighted by atomic mass is 10.1. The number of imide groups is 1. The average Bonchev–Trinajstić information content (AvgIpc) is 3.37. The van der Waals surface area contributed by atoms with Gasteiger partial charge in [-0.15, -0.1) is 0 Å². The minimum atomic E-state index is -0.800. The zero-order valence-electron chi connectivity index (χ0n) is 19.3. The van der Waals surface area contributed by atoms with Crippen molar-refractivity contribution < 1.29 is 28.8 Å². The fourth-order valence-corrected chi connectivity index (χ4v) is 4.72. The zero-order chi connectivity index (χ0) is 26.4. The van der Waals surface area contributed by atoms with Crippen LogP contribution in [0.15, 0.2) is 60.7 Å². The van der Waals surface area contributed by atoms with E-state index in [-0.39, 0.29) is 41.4 Å². The summed E-state index contributed by atoms with van der Waals surface area (Å²) < 4.78 is 5.50. The molecule has 11 heteroatoms. The lowest BCUT2D eigenvalue weighted by Crippen LogP contribution is -2.30. The molecule has 1 atom stereocenters. The smallest absolute Gasteiger partial charge is 0.316 e. The van der Waals surface area contributed by atoms with E-state index >= 15 is 0 Å². The van der Waals surface area contributed by atoms with Gasteiger partial charge in [-0.05, 0) is 55.0 Å². The van der Waals surface area contributed by atoms with Crippen molar-refractivity contribution in [1.82, 2.24) is 0 Å². The lowest BCUT2D eigenvalue weighted by Gasteiger charge is -2.18. The van der Waals surface area contributed by atoms with Gasteiger partial charge in [-0.25, -0.2) is 4.90 Å². The summed E-state index contributed by atoms with van der Waals surface area (Å²) in [7, 11) is 0. The van der Waals surface area contributed by atoms with Crippen LogP contribution >= 0.6 is 11.6 Å². The van der Waals surface area contributed by atoms with Gasteiger partial charge in [0.1, 0.15) is 11.3 Å². The van der Waals surface area contributed by atoms with Crippen molar-refractivity contribution >= 4 is 52.4 Å². The highest BCUT2D eigenvalue weighted by molar-refractivity contribution is 6.36. The first-order chi connectivity index (χ1) is 17.7. The molecule has 186 valence electrons. The topological polar surface area (TPSA) is 127 Å². The number of hydrogen-bond acceptors (Lipinski definition) is 7. The molecule has 2 heterocycles. The molecular formula is C26H18ClN3O7. The largest absolute Gasteiger partial charge is 0.426 e. The van der Waals surface area contributed by atoms with Gasteiger partial charge >= 0.3 is 5.97 Å². The first-order valence-electron chi connectivity index (χ1n) is 11.2. The molecule has 3 aromatic carbocycles. The van der Waals surface area contributed by atoms with Crippen molar-refractivity contribution in [3.63, 3.8) is 0 Å². The molecule has 0 aliphatic carbocycles. The number of carbonyl (C=O) groups is 4. The number of nitro groups is 1. The van der Waals surface area contributed by atoms with E-state index in [1.807, 2.05) is 0 Å². The second-order valence-electron chi connectivity index (χ2n) is 8.66. The fraction of sp³-hybridized carbons (Fsp3) is 0.154. The van der Waals surface area contributed by atoms with Crippen molar-refractivity contribution in [2.75, 3.05) is 16.3 Å². The average molecular weight is 520 g/mol. The quantitative estimate of drug-likeness (QED) is 0.161. The van der Waals surface area contributed by atoms with Crippen LogP contribution in [-0.4, -0.2) is 35.2 Å². The third-order valence-corrected chi connectivity index (χ3v) is 6.53. The molecule has 2 aliphatic rings. The van der Waals surface area contributed by atoms with E-state index in [2.05, 4.69) is 0 Å². The van der Waals surface area contributed by atoms with Crippen LogP contribution in [0, 0.1) is 23.0 Å². The van der Waals surface area contributed by atoms with E-state index in [4.69, 9.17) is 16.3 Å². The van der Waals surface area contributed by atoms with E-state index in [1.54, 1.807) is 31.2 Å². The molecule has 0 unspecified atom stereocenters. The molecule has 3 aromatic rings. The molecule has 3 amide bonds. The number of nitro benzene ring substituents is 1. The number of aryl methyl sites for hydroxylation is 1. The van der Waals surface area contributed by atoms with Crippen LogP contribution in [0.3, 0.4) is 0 Å². The van der Waals surface area contributed by atoms with Gasteiger partial charge in [-0.1, -0.05) is 23.7 Å². The molecule has 5 rings (SSSR count). The Balaban J connectivity index is 1.33. The number of fused-ring (bicyclic) bond motifs is 1. The van der Waals surface area contributed by atoms with E-state index < -0.39 is 34.3 Å². The van der Waals surface area contributed by atoms with Gasteiger partial charge in [0.25, 0.3) is 17.5 Å². The standard InChI is InChI=1S/C26H18ClN3O7/c1-14-10-18(37-26(34)15-11-22(31)28(13-15)17-5-2-4-16(27)12-17)8-9-20(14)29-24(32)19-6-3-7-21(30(35)36)23(19)25(29)33/h2-10,12,15H,11,13H2,1H3/t15-/m1/s1. The van der Waals surface area contributed by atoms with Crippen molar-refractivity contribution in [3.8, 4) is 5.75 Å². The summed E-state index contributed by atoms with van der Waals surface area (Å²) >= 11 is 6.01. The number of carbonyl (C=O) groups excluding carboxylic acids is 4. The van der Waals surface area contributed by atoms with Crippen molar-refractivity contribution in [3.05, 3.63) is 92.5 Å². The van der Waals surface area contributed by atoms with Crippen LogP contribution in [-0.2, 0) is 9.59 Å². The number of ether oxygens (including phenoxy) is 1. The summed E-state index contributed by atoms with van der Waals surface area (Å²) in [4.78, 5) is 64.2. The molecule has 1 saturated heterocycles. The van der Waals surface area contributed by atoms with Crippen molar-refractivity contribution in [1.29, 1.82) is 0 Å². The lowest BCUT2D eigenvalue weighted by molar-refractivity contribution is -0.385. The number of hydrogen-bond donors (Lipinski definition) is 0. The fourth-order valence-electron chi connectivity index (χ4n) is 4.54. The number of amides is 3. The summed E-state index contributed by atoms with van der Waals surface area (Å²) in [6.07, 6.45) is -0.0176. The van der Waals surface area contributed by atoms with Gasteiger partial charge < -0.3 is 9.64 Å². The van der Waals surface area contributed by atoms with Crippen LogP contribution in [0.5, 0.6) is 5.75 Å². The van der Waals surface area contributed by atoms with Crippen molar-refractivity contribution in [2.24, 2.45) is 5.92 Å². The molecule has 2 aliphatic heterocycles. The first-order valence-corrected chi connectivity index (χ1v) is 11.6. The maximum Gasteiger partial charge on any atom is 0.316 e. The summed E-state index contributed by atoms with van der Waals surface area (Å²) in [6, 6.07) is 15.0. The minimum absolute atomic E-state index is 0.0176. The predicted molar refractivity (Wildman–Crippen MR) is 133 cm³/mol. The second-order valence-corrected chi connectivity index (χ2v) is 9.09. The van der Waals surface area contributed by atoms with E-state index in [9.17, 15) is 29.3 Å². The molecule has 0 bridgehead atoms. The molecule has 0 saturated carbocycles. The number of nitrogens with zero attached hydrogens (tertiary/aromatic N) is 3. The SMILES string of the molecule is Cc1cc(OC(=O)[C@@H]2CC(=O)N(c3cccc(Cl)c3)C2)ccc1N1C(=O)c2cccc([N+](=O)[O-])c2C1=O. The van der Waals surface area contributed by atoms with E-state index in [0.29, 0.717) is 16.3 Å². The first kappa shape index (κ1) is 24.1. The predicted octanol–water partition coefficient (Wildman–Crippen LogP) is 4.32. The van der Waals surface area contributed by atoms with Crippen LogP contribution in [0.25, 0.3) is 0 Å². The Hall–Kier alpha value is -4.57. The molecule has 1 fully saturated rings. The maximum absolute atomic E-state index is 13.0. The van der Waals surface area contributed by atoms with Gasteiger partial charge in [0, 0.05) is 29.7 Å². The molecule has 0 spiro atoms. The molecule has 10 nitrogen and oxygen atoms in total. The molecule has 0 aromatic heterocycles. The van der Waals surface area contributed by atoms with Crippen LogP contribution < -0.4 is 14.5 Å². The number of anilines is 2. The summed E-state index contributed by atoms with van der Waals surface area (Å²) in [5.41, 5.74) is 0.481. The Morgan fingerprint density at radius 2 is 1.81 bits per heavy atom. The van der Waals surface area contributed by atoms with Gasteiger partial charge in [-0.3, -0.25) is 29.3 Å². The minimum Gasteiger partial charge on any atom is -0.426 e. The van der Waals surface area contributed by atoms with E-state index in [1.165, 1.54) is 41.3 Å². The number of rotatable bonds is 5. The second kappa shape index (κ2) is 9.14. The Morgan fingerprint density at radius 3 is 2.51 bits per heavy atom. The Bertz CT molecular complexity index is 1520. The Morgan fingerprint density at radius 1 is 1.05 bits per heavy atom. The summed E-state index contributed by atoms with van der Waals surface area (Å²) in [5.74, 6) is -2.82. The number of esters is 1. The molecule has 0 radical (unpaired) electrons. The Labute approximate surface area is 215 Å². The Kier molecular flexibility index (Phi) is 5.96. The van der Waals surface area contributed by atoms with Gasteiger partial charge in [0.15, 0.2) is 0 Å². The maximum atomic E-state index is 13.0. The highest BCUT2D eigenvalue weighted by Crippen LogP contribution is 2.36. The van der Waals surface area contributed by atoms with Crippen LogP contribution in [0.4, 0.5) is 17.1 Å². The van der Waals surface area contributed by atoms with Gasteiger partial charge in [0.2, 0.25) is 5.91 Å². The highest BCUT2D eigenvalue weighted by Gasteiger charge is 2.42. The van der Waals surface area contributed by atoms with Crippen LogP contribution in [0.1, 0.15) is 32.7 Å².